The standard InChI is InChI=1S/C22H13F6N3O3/c23-12-3-1-11(2-4-12)8-31-9-13(7-29-31)30-22(32)15-6-5-14(34-15)10-33-21-19(27)17(25)16(24)18(26)20(21)28/h1-7,9H,8,10H2,(H,30,32). The van der Waals surface area contributed by atoms with Crippen LogP contribution in [0.15, 0.2) is 53.2 Å². The quantitative estimate of drug-likeness (QED) is 0.224. The Morgan fingerprint density at radius 3 is 2.24 bits per heavy atom. The number of amides is 1. The van der Waals surface area contributed by atoms with Crippen LogP contribution in [0.3, 0.4) is 0 Å². The maximum atomic E-state index is 13.7. The maximum absolute atomic E-state index is 13.7. The minimum absolute atomic E-state index is 0.110. The highest BCUT2D eigenvalue weighted by Crippen LogP contribution is 2.29. The van der Waals surface area contributed by atoms with E-state index in [1.165, 1.54) is 41.3 Å². The van der Waals surface area contributed by atoms with Crippen LogP contribution in [-0.2, 0) is 13.2 Å². The van der Waals surface area contributed by atoms with Gasteiger partial charge in [-0.1, -0.05) is 12.1 Å². The molecule has 4 rings (SSSR count). The summed E-state index contributed by atoms with van der Waals surface area (Å²) in [7, 11) is 0. The van der Waals surface area contributed by atoms with Gasteiger partial charge in [0.25, 0.3) is 5.91 Å². The van der Waals surface area contributed by atoms with E-state index < -0.39 is 47.3 Å². The van der Waals surface area contributed by atoms with Gasteiger partial charge in [0, 0.05) is 6.20 Å². The topological polar surface area (TPSA) is 69.3 Å². The van der Waals surface area contributed by atoms with Gasteiger partial charge in [-0.15, -0.1) is 0 Å². The molecule has 2 heterocycles. The lowest BCUT2D eigenvalue weighted by Gasteiger charge is -2.09. The zero-order valence-corrected chi connectivity index (χ0v) is 16.9. The number of nitrogens with one attached hydrogen (secondary N) is 1. The van der Waals surface area contributed by atoms with Crippen LogP contribution in [0.5, 0.6) is 5.75 Å². The number of carbonyl (C=O) groups is 1. The fraction of sp³-hybridized carbons (Fsp3) is 0.0909. The molecule has 12 heteroatoms. The molecule has 1 N–H and O–H groups in total. The number of anilines is 1. The summed E-state index contributed by atoms with van der Waals surface area (Å²) in [5.74, 6) is -13.7. The fourth-order valence-corrected chi connectivity index (χ4v) is 2.92. The molecule has 34 heavy (non-hydrogen) atoms. The van der Waals surface area contributed by atoms with Gasteiger partial charge in [-0.2, -0.15) is 13.9 Å². The van der Waals surface area contributed by atoms with Gasteiger partial charge in [-0.3, -0.25) is 9.48 Å². The Bertz CT molecular complexity index is 1320. The van der Waals surface area contributed by atoms with E-state index in [4.69, 9.17) is 9.15 Å². The molecule has 0 radical (unpaired) electrons. The predicted molar refractivity (Wildman–Crippen MR) is 105 cm³/mol. The molecular weight excluding hydrogens is 468 g/mol. The SMILES string of the molecule is O=C(Nc1cnn(Cc2ccc(F)cc2)c1)c1ccc(COc2c(F)c(F)c(F)c(F)c2F)o1. The normalized spacial score (nSPS) is 11.0. The van der Waals surface area contributed by atoms with E-state index in [0.29, 0.717) is 12.2 Å². The van der Waals surface area contributed by atoms with Crippen molar-refractivity contribution in [2.45, 2.75) is 13.2 Å². The summed E-state index contributed by atoms with van der Waals surface area (Å²) in [6.45, 7) is -0.378. The van der Waals surface area contributed by atoms with E-state index in [9.17, 15) is 31.1 Å². The van der Waals surface area contributed by atoms with Crippen LogP contribution in [0.4, 0.5) is 32.0 Å². The first-order chi connectivity index (χ1) is 16.2. The number of halogens is 6. The third kappa shape index (κ3) is 4.75. The van der Waals surface area contributed by atoms with Crippen molar-refractivity contribution in [3.8, 4) is 5.75 Å². The predicted octanol–water partition coefficient (Wildman–Crippen LogP) is 5.19. The third-order valence-corrected chi connectivity index (χ3v) is 4.56. The van der Waals surface area contributed by atoms with Crippen molar-refractivity contribution in [2.75, 3.05) is 5.32 Å². The highest BCUT2D eigenvalue weighted by Gasteiger charge is 2.27. The highest BCUT2D eigenvalue weighted by molar-refractivity contribution is 6.02. The van der Waals surface area contributed by atoms with E-state index in [1.807, 2.05) is 0 Å². The summed E-state index contributed by atoms with van der Waals surface area (Å²) in [4.78, 5) is 12.4. The second-order valence-electron chi connectivity index (χ2n) is 6.96. The Kier molecular flexibility index (Phi) is 6.30. The number of furan rings is 1. The molecule has 4 aromatic rings. The molecule has 6 nitrogen and oxygen atoms in total. The van der Waals surface area contributed by atoms with Gasteiger partial charge in [0.2, 0.25) is 29.1 Å². The number of ether oxygens (including phenoxy) is 1. The number of nitrogens with zero attached hydrogens (tertiary/aromatic N) is 2. The molecule has 0 aliphatic heterocycles. The summed E-state index contributed by atoms with van der Waals surface area (Å²) in [5.41, 5.74) is 1.11. The number of rotatable bonds is 7. The van der Waals surface area contributed by atoms with Crippen LogP contribution >= 0.6 is 0 Å². The van der Waals surface area contributed by atoms with E-state index in [-0.39, 0.29) is 17.3 Å². The molecule has 0 aliphatic carbocycles. The molecule has 0 unspecified atom stereocenters. The average Bonchev–Trinajstić information content (AvgIpc) is 3.47. The van der Waals surface area contributed by atoms with Gasteiger partial charge >= 0.3 is 0 Å². The molecule has 0 bridgehead atoms. The minimum atomic E-state index is -2.31. The molecule has 1 amide bonds. The molecule has 0 aliphatic rings. The Balaban J connectivity index is 1.38. The molecule has 0 atom stereocenters. The first-order valence-corrected chi connectivity index (χ1v) is 9.54. The van der Waals surface area contributed by atoms with Crippen molar-refractivity contribution in [1.82, 2.24) is 9.78 Å². The van der Waals surface area contributed by atoms with Crippen molar-refractivity contribution in [2.24, 2.45) is 0 Å². The molecule has 0 spiro atoms. The second-order valence-corrected chi connectivity index (χ2v) is 6.96. The lowest BCUT2D eigenvalue weighted by Crippen LogP contribution is -2.10. The van der Waals surface area contributed by atoms with Crippen molar-refractivity contribution >= 4 is 11.6 Å². The van der Waals surface area contributed by atoms with Gasteiger partial charge in [0.1, 0.15) is 18.2 Å². The zero-order chi connectivity index (χ0) is 24.4. The van der Waals surface area contributed by atoms with Crippen molar-refractivity contribution in [3.05, 3.63) is 101 Å². The number of hydrogen-bond acceptors (Lipinski definition) is 4. The maximum Gasteiger partial charge on any atom is 0.291 e. The lowest BCUT2D eigenvalue weighted by molar-refractivity contribution is 0.0992. The molecular formula is C22H13F6N3O3. The Hall–Kier alpha value is -4.22. The fourth-order valence-electron chi connectivity index (χ4n) is 2.92. The highest BCUT2D eigenvalue weighted by atomic mass is 19.2. The van der Waals surface area contributed by atoms with Crippen LogP contribution in [0.2, 0.25) is 0 Å². The monoisotopic (exact) mass is 481 g/mol. The summed E-state index contributed by atoms with van der Waals surface area (Å²) >= 11 is 0. The molecule has 0 fully saturated rings. The summed E-state index contributed by atoms with van der Waals surface area (Å²) in [6, 6.07) is 8.27. The van der Waals surface area contributed by atoms with Gasteiger partial charge in [0.05, 0.1) is 18.4 Å². The second kappa shape index (κ2) is 9.33. The van der Waals surface area contributed by atoms with Crippen LogP contribution in [0.1, 0.15) is 21.9 Å². The molecule has 0 saturated heterocycles. The Morgan fingerprint density at radius 2 is 1.56 bits per heavy atom. The third-order valence-electron chi connectivity index (χ3n) is 4.56. The van der Waals surface area contributed by atoms with Crippen LogP contribution in [-0.4, -0.2) is 15.7 Å². The summed E-state index contributed by atoms with van der Waals surface area (Å²) in [5, 5.41) is 6.61. The Labute approximate surface area is 187 Å². The molecule has 2 aromatic heterocycles. The van der Waals surface area contributed by atoms with E-state index in [2.05, 4.69) is 10.4 Å². The molecule has 2 aromatic carbocycles. The average molecular weight is 481 g/mol. The van der Waals surface area contributed by atoms with Crippen molar-refractivity contribution in [1.29, 1.82) is 0 Å². The Morgan fingerprint density at radius 1 is 0.912 bits per heavy atom. The van der Waals surface area contributed by atoms with E-state index in [0.717, 1.165) is 5.56 Å². The first-order valence-electron chi connectivity index (χ1n) is 9.54. The number of hydrogen-bond donors (Lipinski definition) is 1. The minimum Gasteiger partial charge on any atom is -0.479 e. The van der Waals surface area contributed by atoms with Crippen molar-refractivity contribution < 1.29 is 40.3 Å². The summed E-state index contributed by atoms with van der Waals surface area (Å²) < 4.78 is 91.3. The number of benzene rings is 2. The molecule has 176 valence electrons. The zero-order valence-electron chi connectivity index (χ0n) is 16.9. The lowest BCUT2D eigenvalue weighted by atomic mass is 10.2. The van der Waals surface area contributed by atoms with Gasteiger partial charge in [-0.05, 0) is 29.8 Å². The van der Waals surface area contributed by atoms with Crippen LogP contribution in [0, 0.1) is 34.9 Å². The van der Waals surface area contributed by atoms with E-state index in [1.54, 1.807) is 12.1 Å². The van der Waals surface area contributed by atoms with Gasteiger partial charge in [-0.25, -0.2) is 17.6 Å². The smallest absolute Gasteiger partial charge is 0.291 e. The number of aromatic nitrogens is 2. The van der Waals surface area contributed by atoms with Crippen LogP contribution in [0.25, 0.3) is 0 Å². The molecule has 0 saturated carbocycles. The van der Waals surface area contributed by atoms with Crippen LogP contribution < -0.4 is 10.1 Å². The first kappa shape index (κ1) is 23.0. The van der Waals surface area contributed by atoms with Gasteiger partial charge < -0.3 is 14.5 Å². The van der Waals surface area contributed by atoms with E-state index >= 15 is 0 Å². The van der Waals surface area contributed by atoms with Gasteiger partial charge in [0.15, 0.2) is 11.5 Å². The van der Waals surface area contributed by atoms with Crippen molar-refractivity contribution in [3.63, 3.8) is 0 Å². The summed E-state index contributed by atoms with van der Waals surface area (Å²) in [6.07, 6.45) is 2.90. The number of carbonyl (C=O) groups excluding carboxylic acids is 1. The largest absolute Gasteiger partial charge is 0.479 e.